The van der Waals surface area contributed by atoms with Gasteiger partial charge in [0.1, 0.15) is 23.9 Å². The van der Waals surface area contributed by atoms with E-state index in [2.05, 4.69) is 15.2 Å². The first-order chi connectivity index (χ1) is 14.5. The van der Waals surface area contributed by atoms with Gasteiger partial charge in [-0.1, -0.05) is 5.16 Å². The zero-order valence-corrected chi connectivity index (χ0v) is 16.6. The summed E-state index contributed by atoms with van der Waals surface area (Å²) in [6.07, 6.45) is 5.24. The summed E-state index contributed by atoms with van der Waals surface area (Å²) in [6, 6.07) is 6.43. The molecule has 2 N–H and O–H groups in total. The number of anilines is 1. The lowest BCUT2D eigenvalue weighted by Crippen LogP contribution is -2.10. The van der Waals surface area contributed by atoms with Gasteiger partial charge in [-0.2, -0.15) is 5.10 Å². The maximum Gasteiger partial charge on any atom is 0.166 e. The maximum absolute atomic E-state index is 14.1. The van der Waals surface area contributed by atoms with Gasteiger partial charge in [-0.15, -0.1) is 0 Å². The van der Waals surface area contributed by atoms with Crippen LogP contribution < -0.4 is 10.5 Å². The molecule has 1 aliphatic heterocycles. The van der Waals surface area contributed by atoms with E-state index >= 15 is 0 Å². The van der Waals surface area contributed by atoms with Crippen molar-refractivity contribution in [1.29, 1.82) is 0 Å². The summed E-state index contributed by atoms with van der Waals surface area (Å²) in [5.41, 5.74) is 11.8. The number of nitrogens with two attached hydrogens (primary N) is 1. The average Bonchev–Trinajstić information content (AvgIpc) is 3.36. The minimum Gasteiger partial charge on any atom is -0.482 e. The van der Waals surface area contributed by atoms with Gasteiger partial charge in [0.25, 0.3) is 0 Å². The highest BCUT2D eigenvalue weighted by molar-refractivity contribution is 5.71. The van der Waals surface area contributed by atoms with E-state index in [-0.39, 0.29) is 11.6 Å². The van der Waals surface area contributed by atoms with Crippen LogP contribution in [0.3, 0.4) is 0 Å². The van der Waals surface area contributed by atoms with Crippen molar-refractivity contribution in [3.63, 3.8) is 0 Å². The van der Waals surface area contributed by atoms with Crippen molar-refractivity contribution < 1.29 is 13.7 Å². The van der Waals surface area contributed by atoms with Crippen molar-refractivity contribution in [2.24, 2.45) is 0 Å². The number of rotatable bonds is 1. The SMILES string of the molecule is CCn1ncc2c1-c1cnc(N)c(c1)OC(C)c1cc(F)ccc1-c1nocc1C2. The monoisotopic (exact) mass is 405 g/mol. The van der Waals surface area contributed by atoms with E-state index < -0.39 is 6.10 Å². The molecule has 0 saturated heterocycles. The van der Waals surface area contributed by atoms with Crippen molar-refractivity contribution in [3.8, 4) is 28.3 Å². The van der Waals surface area contributed by atoms with E-state index in [1.807, 2.05) is 30.8 Å². The number of hydrogen-bond donors (Lipinski definition) is 1. The topological polar surface area (TPSA) is 92.0 Å². The fourth-order valence-electron chi connectivity index (χ4n) is 3.96. The summed E-state index contributed by atoms with van der Waals surface area (Å²) in [5.74, 6) is 0.352. The fourth-order valence-corrected chi connectivity index (χ4v) is 3.96. The summed E-state index contributed by atoms with van der Waals surface area (Å²) < 4.78 is 27.5. The highest BCUT2D eigenvalue weighted by Gasteiger charge is 2.24. The molecule has 1 aliphatic rings. The molecule has 30 heavy (non-hydrogen) atoms. The standard InChI is InChI=1S/C22H20FN5O2/c1-3-28-21-13(10-26-28)6-15-11-29-27-20(15)17-5-4-16(23)8-18(17)12(2)30-19-7-14(21)9-25-22(19)24/h4-5,7-12H,3,6H2,1-2H3,(H2,24,25). The first-order valence-corrected chi connectivity index (χ1v) is 9.75. The van der Waals surface area contributed by atoms with Crippen LogP contribution in [0.15, 0.2) is 47.4 Å². The number of hydrogen-bond acceptors (Lipinski definition) is 6. The predicted molar refractivity (Wildman–Crippen MR) is 109 cm³/mol. The van der Waals surface area contributed by atoms with Crippen LogP contribution in [0.5, 0.6) is 5.75 Å². The van der Waals surface area contributed by atoms with E-state index in [4.69, 9.17) is 15.0 Å². The Morgan fingerprint density at radius 3 is 2.93 bits per heavy atom. The number of pyridine rings is 1. The molecule has 8 heteroatoms. The highest BCUT2D eigenvalue weighted by Crippen LogP contribution is 2.38. The zero-order chi connectivity index (χ0) is 20.8. The second kappa shape index (κ2) is 6.98. The van der Waals surface area contributed by atoms with Crippen molar-refractivity contribution >= 4 is 5.82 Å². The summed E-state index contributed by atoms with van der Waals surface area (Å²) in [5, 5.41) is 8.75. The lowest BCUT2D eigenvalue weighted by molar-refractivity contribution is 0.227. The van der Waals surface area contributed by atoms with Crippen LogP contribution >= 0.6 is 0 Å². The Morgan fingerprint density at radius 2 is 2.10 bits per heavy atom. The average molecular weight is 405 g/mol. The second-order valence-corrected chi connectivity index (χ2v) is 7.30. The van der Waals surface area contributed by atoms with Crippen LogP contribution in [-0.2, 0) is 13.0 Å². The van der Waals surface area contributed by atoms with Gasteiger partial charge in [-0.25, -0.2) is 9.37 Å². The Balaban J connectivity index is 1.79. The third kappa shape index (κ3) is 2.92. The first-order valence-electron chi connectivity index (χ1n) is 9.75. The molecule has 0 radical (unpaired) electrons. The lowest BCUT2D eigenvalue weighted by Gasteiger charge is -2.20. The van der Waals surface area contributed by atoms with Crippen molar-refractivity contribution in [3.05, 3.63) is 65.4 Å². The number of benzene rings is 1. The van der Waals surface area contributed by atoms with Gasteiger partial charge in [0.05, 0.1) is 11.9 Å². The molecule has 0 saturated carbocycles. The third-order valence-corrected chi connectivity index (χ3v) is 5.40. The van der Waals surface area contributed by atoms with Crippen LogP contribution in [0.4, 0.5) is 10.2 Å². The van der Waals surface area contributed by atoms with Crippen LogP contribution in [0.1, 0.15) is 36.6 Å². The first kappa shape index (κ1) is 18.4. The Kier molecular flexibility index (Phi) is 4.27. The van der Waals surface area contributed by atoms with E-state index in [1.165, 1.54) is 12.1 Å². The number of aryl methyl sites for hydroxylation is 1. The van der Waals surface area contributed by atoms with E-state index in [0.29, 0.717) is 30.0 Å². The molecule has 1 atom stereocenters. The van der Waals surface area contributed by atoms with Crippen LogP contribution in [0.2, 0.25) is 0 Å². The van der Waals surface area contributed by atoms with Crippen molar-refractivity contribution in [2.75, 3.05) is 5.73 Å². The normalized spacial score (nSPS) is 15.2. The minimum atomic E-state index is -0.491. The molecule has 7 nitrogen and oxygen atoms in total. The lowest BCUT2D eigenvalue weighted by atomic mass is 9.95. The summed E-state index contributed by atoms with van der Waals surface area (Å²) >= 11 is 0. The Labute approximate surface area is 172 Å². The molecule has 2 bridgehead atoms. The number of halogens is 1. The van der Waals surface area contributed by atoms with E-state index in [9.17, 15) is 4.39 Å². The summed E-state index contributed by atoms with van der Waals surface area (Å²) in [4.78, 5) is 4.33. The predicted octanol–water partition coefficient (Wildman–Crippen LogP) is 4.39. The van der Waals surface area contributed by atoms with Gasteiger partial charge in [0, 0.05) is 47.0 Å². The second-order valence-electron chi connectivity index (χ2n) is 7.30. The Hall–Kier alpha value is -3.68. The van der Waals surface area contributed by atoms with Gasteiger partial charge in [0.15, 0.2) is 11.6 Å². The molecule has 1 unspecified atom stereocenters. The van der Waals surface area contributed by atoms with E-state index in [0.717, 1.165) is 27.9 Å². The Morgan fingerprint density at radius 1 is 1.23 bits per heavy atom. The van der Waals surface area contributed by atoms with E-state index in [1.54, 1.807) is 18.5 Å². The maximum atomic E-state index is 14.1. The molecule has 4 heterocycles. The van der Waals surface area contributed by atoms with Gasteiger partial charge < -0.3 is 15.0 Å². The van der Waals surface area contributed by atoms with Crippen LogP contribution in [0, 0.1) is 5.82 Å². The molecule has 1 aromatic carbocycles. The van der Waals surface area contributed by atoms with Crippen LogP contribution in [0.25, 0.3) is 22.5 Å². The molecule has 0 spiro atoms. The molecule has 0 aliphatic carbocycles. The van der Waals surface area contributed by atoms with Gasteiger partial charge in [-0.3, -0.25) is 4.68 Å². The molecule has 0 fully saturated rings. The molecule has 4 aromatic rings. The molecular formula is C22H20FN5O2. The molecule has 3 aromatic heterocycles. The van der Waals surface area contributed by atoms with Gasteiger partial charge >= 0.3 is 0 Å². The number of aromatic nitrogens is 4. The van der Waals surface area contributed by atoms with Crippen LogP contribution in [-0.4, -0.2) is 19.9 Å². The molecule has 152 valence electrons. The Bertz CT molecular complexity index is 1250. The summed E-state index contributed by atoms with van der Waals surface area (Å²) in [7, 11) is 0. The largest absolute Gasteiger partial charge is 0.482 e. The number of fused-ring (bicyclic) bond motifs is 7. The van der Waals surface area contributed by atoms with Crippen molar-refractivity contribution in [1.82, 2.24) is 19.9 Å². The number of ether oxygens (including phenoxy) is 1. The van der Waals surface area contributed by atoms with Crippen molar-refractivity contribution in [2.45, 2.75) is 32.9 Å². The summed E-state index contributed by atoms with van der Waals surface area (Å²) in [6.45, 7) is 4.58. The minimum absolute atomic E-state index is 0.270. The highest BCUT2D eigenvalue weighted by atomic mass is 19.1. The van der Waals surface area contributed by atoms with Gasteiger partial charge in [-0.05, 0) is 38.1 Å². The smallest absolute Gasteiger partial charge is 0.166 e. The van der Waals surface area contributed by atoms with Gasteiger partial charge in [0.2, 0.25) is 0 Å². The quantitative estimate of drug-likeness (QED) is 0.505. The zero-order valence-electron chi connectivity index (χ0n) is 16.6. The fraction of sp³-hybridized carbons (Fsp3) is 0.227. The number of nitrogen functional groups attached to an aromatic ring is 1. The number of nitrogens with zero attached hydrogens (tertiary/aromatic N) is 4. The molecule has 5 rings (SSSR count). The molecule has 0 amide bonds. The third-order valence-electron chi connectivity index (χ3n) is 5.40. The molecular weight excluding hydrogens is 385 g/mol.